The SMILES string of the molecule is O=C1CCC(N2Cc3c(NC/C=C/CBr)cccc3C2=O)C(=O)N1. The van der Waals surface area contributed by atoms with Crippen LogP contribution in [-0.2, 0) is 16.1 Å². The molecule has 0 saturated carbocycles. The van der Waals surface area contributed by atoms with Crippen molar-refractivity contribution in [1.82, 2.24) is 10.2 Å². The second-order valence-corrected chi connectivity index (χ2v) is 6.39. The van der Waals surface area contributed by atoms with Gasteiger partial charge in [0.05, 0.1) is 0 Å². The van der Waals surface area contributed by atoms with Gasteiger partial charge in [0.25, 0.3) is 5.91 Å². The normalized spacial score (nSPS) is 20.5. The lowest BCUT2D eigenvalue weighted by atomic mass is 10.0. The summed E-state index contributed by atoms with van der Waals surface area (Å²) in [6.07, 6.45) is 4.64. The molecule has 2 aliphatic heterocycles. The third kappa shape index (κ3) is 3.21. The highest BCUT2D eigenvalue weighted by Crippen LogP contribution is 2.32. The molecule has 1 aromatic carbocycles. The Hall–Kier alpha value is -2.15. The summed E-state index contributed by atoms with van der Waals surface area (Å²) in [6, 6.07) is 4.97. The summed E-state index contributed by atoms with van der Waals surface area (Å²) in [4.78, 5) is 37.6. The zero-order valence-corrected chi connectivity index (χ0v) is 14.6. The van der Waals surface area contributed by atoms with E-state index < -0.39 is 6.04 Å². The number of anilines is 1. The first-order valence-electron chi connectivity index (χ1n) is 7.83. The first kappa shape index (κ1) is 16.7. The molecule has 7 heteroatoms. The van der Waals surface area contributed by atoms with Gasteiger partial charge in [0.1, 0.15) is 6.04 Å². The molecule has 0 aliphatic carbocycles. The fraction of sp³-hybridized carbons (Fsp3) is 0.353. The molecule has 3 rings (SSSR count). The average molecular weight is 392 g/mol. The van der Waals surface area contributed by atoms with Crippen LogP contribution in [0, 0.1) is 0 Å². The number of imide groups is 1. The first-order chi connectivity index (χ1) is 11.6. The van der Waals surface area contributed by atoms with Gasteiger partial charge in [-0.05, 0) is 18.6 Å². The number of nitrogens with zero attached hydrogens (tertiary/aromatic N) is 1. The van der Waals surface area contributed by atoms with Gasteiger partial charge in [-0.3, -0.25) is 19.7 Å². The molecule has 1 saturated heterocycles. The lowest BCUT2D eigenvalue weighted by Gasteiger charge is -2.29. The molecule has 2 N–H and O–H groups in total. The number of halogens is 1. The standard InChI is InChI=1S/C17H18BrN3O3/c18-8-1-2-9-19-13-5-3-4-11-12(13)10-21(17(11)24)14-6-7-15(22)20-16(14)23/h1-5,14,19H,6-10H2,(H,20,22,23)/b2-1+. The molecule has 3 amide bonds. The van der Waals surface area contributed by atoms with E-state index >= 15 is 0 Å². The van der Waals surface area contributed by atoms with Gasteiger partial charge >= 0.3 is 0 Å². The topological polar surface area (TPSA) is 78.5 Å². The second kappa shape index (κ2) is 7.17. The van der Waals surface area contributed by atoms with Gasteiger partial charge in [-0.1, -0.05) is 34.1 Å². The summed E-state index contributed by atoms with van der Waals surface area (Å²) in [5, 5.41) is 6.41. The van der Waals surface area contributed by atoms with Crippen LogP contribution < -0.4 is 10.6 Å². The van der Waals surface area contributed by atoms with Gasteiger partial charge in [0, 0.05) is 41.7 Å². The number of fused-ring (bicyclic) bond motifs is 1. The van der Waals surface area contributed by atoms with Crippen LogP contribution in [0.2, 0.25) is 0 Å². The van der Waals surface area contributed by atoms with Crippen molar-refractivity contribution >= 4 is 39.3 Å². The maximum Gasteiger partial charge on any atom is 0.255 e. The van der Waals surface area contributed by atoms with Crippen LogP contribution >= 0.6 is 15.9 Å². The summed E-state index contributed by atoms with van der Waals surface area (Å²) >= 11 is 3.33. The minimum absolute atomic E-state index is 0.154. The number of alkyl halides is 1. The average Bonchev–Trinajstić information content (AvgIpc) is 2.89. The van der Waals surface area contributed by atoms with E-state index in [0.717, 1.165) is 16.6 Å². The minimum atomic E-state index is -0.580. The molecule has 2 aliphatic rings. The van der Waals surface area contributed by atoms with E-state index in [-0.39, 0.29) is 24.1 Å². The van der Waals surface area contributed by atoms with Gasteiger partial charge < -0.3 is 10.2 Å². The minimum Gasteiger partial charge on any atom is -0.381 e. The highest BCUT2D eigenvalue weighted by atomic mass is 79.9. The molecule has 1 aromatic rings. The number of benzene rings is 1. The molecule has 126 valence electrons. The molecular weight excluding hydrogens is 374 g/mol. The van der Waals surface area contributed by atoms with Crippen LogP contribution in [0.25, 0.3) is 0 Å². The second-order valence-electron chi connectivity index (χ2n) is 5.74. The van der Waals surface area contributed by atoms with Crippen molar-refractivity contribution in [3.63, 3.8) is 0 Å². The number of amides is 3. The largest absolute Gasteiger partial charge is 0.381 e. The number of hydrogen-bond donors (Lipinski definition) is 2. The number of nitrogens with one attached hydrogen (secondary N) is 2. The van der Waals surface area contributed by atoms with Crippen LogP contribution in [-0.4, -0.2) is 40.5 Å². The number of allylic oxidation sites excluding steroid dienone is 1. The number of hydrogen-bond acceptors (Lipinski definition) is 4. The fourth-order valence-corrected chi connectivity index (χ4v) is 3.33. The Morgan fingerprint density at radius 3 is 2.88 bits per heavy atom. The van der Waals surface area contributed by atoms with E-state index in [1.807, 2.05) is 24.3 Å². The molecule has 1 unspecified atom stereocenters. The van der Waals surface area contributed by atoms with Gasteiger partial charge in [-0.15, -0.1) is 0 Å². The predicted molar refractivity (Wildman–Crippen MR) is 93.9 cm³/mol. The van der Waals surface area contributed by atoms with Crippen molar-refractivity contribution in [2.45, 2.75) is 25.4 Å². The molecule has 0 aromatic heterocycles. The van der Waals surface area contributed by atoms with Crippen molar-refractivity contribution in [2.75, 3.05) is 17.2 Å². The van der Waals surface area contributed by atoms with Crippen molar-refractivity contribution in [3.8, 4) is 0 Å². The zero-order valence-electron chi connectivity index (χ0n) is 13.0. The number of carbonyl (C=O) groups is 3. The molecule has 2 heterocycles. The Morgan fingerprint density at radius 1 is 1.29 bits per heavy atom. The number of piperidine rings is 1. The van der Waals surface area contributed by atoms with E-state index in [1.54, 1.807) is 11.0 Å². The van der Waals surface area contributed by atoms with E-state index in [0.29, 0.717) is 25.1 Å². The van der Waals surface area contributed by atoms with Crippen molar-refractivity contribution in [2.24, 2.45) is 0 Å². The lowest BCUT2D eigenvalue weighted by molar-refractivity contribution is -0.136. The maximum atomic E-state index is 12.7. The monoisotopic (exact) mass is 391 g/mol. The van der Waals surface area contributed by atoms with E-state index in [2.05, 4.69) is 26.6 Å². The predicted octanol–water partition coefficient (Wildman–Crippen LogP) is 1.81. The smallest absolute Gasteiger partial charge is 0.255 e. The highest BCUT2D eigenvalue weighted by molar-refractivity contribution is 9.09. The summed E-state index contributed by atoms with van der Waals surface area (Å²) in [5.41, 5.74) is 2.42. The fourth-order valence-electron chi connectivity index (χ4n) is 3.07. The van der Waals surface area contributed by atoms with E-state index in [9.17, 15) is 14.4 Å². The quantitative estimate of drug-likeness (QED) is 0.455. The van der Waals surface area contributed by atoms with Crippen molar-refractivity contribution in [1.29, 1.82) is 0 Å². The molecular formula is C17H18BrN3O3. The van der Waals surface area contributed by atoms with Crippen molar-refractivity contribution < 1.29 is 14.4 Å². The molecule has 1 atom stereocenters. The number of rotatable bonds is 5. The van der Waals surface area contributed by atoms with Gasteiger partial charge in [-0.2, -0.15) is 0 Å². The van der Waals surface area contributed by atoms with E-state index in [4.69, 9.17) is 0 Å². The molecule has 0 radical (unpaired) electrons. The maximum absolute atomic E-state index is 12.7. The summed E-state index contributed by atoms with van der Waals surface area (Å²) in [5.74, 6) is -0.817. The van der Waals surface area contributed by atoms with Crippen LogP contribution in [0.3, 0.4) is 0 Å². The first-order valence-corrected chi connectivity index (χ1v) is 8.95. The summed E-state index contributed by atoms with van der Waals surface area (Å²) < 4.78 is 0. The van der Waals surface area contributed by atoms with Crippen LogP contribution in [0.1, 0.15) is 28.8 Å². The van der Waals surface area contributed by atoms with Gasteiger partial charge in [0.15, 0.2) is 0 Å². The van der Waals surface area contributed by atoms with Crippen molar-refractivity contribution in [3.05, 3.63) is 41.5 Å². The Balaban J connectivity index is 1.78. The molecule has 0 bridgehead atoms. The Kier molecular flexibility index (Phi) is 4.99. The Labute approximate surface area is 148 Å². The van der Waals surface area contributed by atoms with E-state index in [1.165, 1.54) is 0 Å². The summed E-state index contributed by atoms with van der Waals surface area (Å²) in [7, 11) is 0. The molecule has 6 nitrogen and oxygen atoms in total. The molecule has 1 fully saturated rings. The van der Waals surface area contributed by atoms with Gasteiger partial charge in [-0.25, -0.2) is 0 Å². The summed E-state index contributed by atoms with van der Waals surface area (Å²) in [6.45, 7) is 1.04. The Bertz CT molecular complexity index is 717. The van der Waals surface area contributed by atoms with Crippen LogP contribution in [0.4, 0.5) is 5.69 Å². The molecule has 0 spiro atoms. The lowest BCUT2D eigenvalue weighted by Crippen LogP contribution is -2.52. The molecule has 24 heavy (non-hydrogen) atoms. The Morgan fingerprint density at radius 2 is 2.12 bits per heavy atom. The third-order valence-corrected chi connectivity index (χ3v) is 4.62. The van der Waals surface area contributed by atoms with Gasteiger partial charge in [0.2, 0.25) is 11.8 Å². The van der Waals surface area contributed by atoms with Crippen LogP contribution in [0.15, 0.2) is 30.4 Å². The van der Waals surface area contributed by atoms with Crippen LogP contribution in [0.5, 0.6) is 0 Å². The zero-order chi connectivity index (χ0) is 17.1. The number of carbonyl (C=O) groups excluding carboxylic acids is 3. The highest BCUT2D eigenvalue weighted by Gasteiger charge is 2.39. The third-order valence-electron chi connectivity index (χ3n) is 4.25.